The van der Waals surface area contributed by atoms with E-state index in [9.17, 15) is 13.2 Å². The average Bonchev–Trinajstić information content (AvgIpc) is 3.42. The van der Waals surface area contributed by atoms with E-state index in [0.29, 0.717) is 28.6 Å². The van der Waals surface area contributed by atoms with Crippen molar-refractivity contribution in [2.75, 3.05) is 13.1 Å². The molecule has 154 valence electrons. The highest BCUT2D eigenvalue weighted by Crippen LogP contribution is 2.29. The summed E-state index contributed by atoms with van der Waals surface area (Å²) in [5.74, 6) is -0.197. The predicted octanol–water partition coefficient (Wildman–Crippen LogP) is 3.57. The highest BCUT2D eigenvalue weighted by atomic mass is 32.2. The minimum absolute atomic E-state index is 0.197. The van der Waals surface area contributed by atoms with Crippen molar-refractivity contribution in [2.45, 2.75) is 50.3 Å². The number of hydrogen-bond donors (Lipinski definition) is 1. The number of thiophene rings is 1. The Balaban J connectivity index is 1.43. The quantitative estimate of drug-likeness (QED) is 0.581. The molecule has 0 unspecified atom stereocenters. The van der Waals surface area contributed by atoms with Gasteiger partial charge >= 0.3 is 0 Å². The number of sulfonamides is 1. The molecule has 2 aliphatic rings. The second-order valence-corrected chi connectivity index (χ2v) is 10.6. The third-order valence-corrected chi connectivity index (χ3v) is 8.67. The second kappa shape index (κ2) is 8.38. The van der Waals surface area contributed by atoms with Crippen LogP contribution in [0.1, 0.15) is 58.3 Å². The van der Waals surface area contributed by atoms with Crippen molar-refractivity contribution in [2.24, 2.45) is 5.10 Å². The Hall–Kier alpha value is -2.03. The largest absolute Gasteiger partial charge is 0.281 e. The smallest absolute Gasteiger partial charge is 0.266 e. The first-order chi connectivity index (χ1) is 13.9. The molecule has 8 heteroatoms. The maximum atomic E-state index is 12.6. The Morgan fingerprint density at radius 2 is 1.76 bits per heavy atom. The molecule has 0 bridgehead atoms. The molecule has 2 heterocycles. The lowest BCUT2D eigenvalue weighted by atomic mass is 9.99. The third-order valence-electron chi connectivity index (χ3n) is 5.52. The molecule has 1 aliphatic carbocycles. The van der Waals surface area contributed by atoms with Crippen LogP contribution in [0.4, 0.5) is 0 Å². The van der Waals surface area contributed by atoms with E-state index in [0.717, 1.165) is 31.2 Å². The van der Waals surface area contributed by atoms with Crippen LogP contribution in [-0.4, -0.2) is 37.4 Å². The van der Waals surface area contributed by atoms with Gasteiger partial charge in [0.15, 0.2) is 0 Å². The molecule has 2 aromatic rings. The van der Waals surface area contributed by atoms with Gasteiger partial charge in [0.05, 0.1) is 15.5 Å². The van der Waals surface area contributed by atoms with Crippen LogP contribution in [0.15, 0.2) is 40.3 Å². The van der Waals surface area contributed by atoms with Crippen LogP contribution in [0.5, 0.6) is 0 Å². The highest BCUT2D eigenvalue weighted by molar-refractivity contribution is 7.89. The van der Waals surface area contributed by atoms with Gasteiger partial charge in [-0.1, -0.05) is 12.1 Å². The summed E-state index contributed by atoms with van der Waals surface area (Å²) in [6.45, 7) is 2.97. The van der Waals surface area contributed by atoms with Gasteiger partial charge < -0.3 is 0 Å². The molecule has 1 aliphatic heterocycles. The molecule has 4 rings (SSSR count). The summed E-state index contributed by atoms with van der Waals surface area (Å²) in [5, 5.41) is 4.21. The Bertz CT molecular complexity index is 1010. The minimum atomic E-state index is -3.42. The van der Waals surface area contributed by atoms with Crippen molar-refractivity contribution in [3.05, 3.63) is 51.2 Å². The summed E-state index contributed by atoms with van der Waals surface area (Å²) in [5.41, 5.74) is 5.33. The molecule has 1 amide bonds. The van der Waals surface area contributed by atoms with Gasteiger partial charge in [-0.05, 0) is 74.8 Å². The molecule has 0 atom stereocenters. The fourth-order valence-corrected chi connectivity index (χ4v) is 6.46. The van der Waals surface area contributed by atoms with E-state index >= 15 is 0 Å². The number of amides is 1. The fourth-order valence-electron chi connectivity index (χ4n) is 3.80. The normalized spacial score (nSPS) is 17.9. The van der Waals surface area contributed by atoms with E-state index in [1.807, 2.05) is 6.07 Å². The van der Waals surface area contributed by atoms with Crippen LogP contribution in [-0.2, 0) is 22.9 Å². The summed E-state index contributed by atoms with van der Waals surface area (Å²) < 4.78 is 26.8. The molecule has 1 saturated heterocycles. The van der Waals surface area contributed by atoms with Gasteiger partial charge in [0, 0.05) is 18.0 Å². The van der Waals surface area contributed by atoms with Gasteiger partial charge in [-0.25, -0.2) is 13.8 Å². The molecule has 1 aromatic carbocycles. The second-order valence-electron chi connectivity index (χ2n) is 7.54. The Morgan fingerprint density at radius 3 is 2.45 bits per heavy atom. The van der Waals surface area contributed by atoms with Crippen molar-refractivity contribution < 1.29 is 13.2 Å². The predicted molar refractivity (Wildman–Crippen MR) is 115 cm³/mol. The number of hydrogen-bond acceptors (Lipinski definition) is 5. The first-order valence-corrected chi connectivity index (χ1v) is 12.3. The van der Waals surface area contributed by atoms with E-state index in [4.69, 9.17) is 0 Å². The van der Waals surface area contributed by atoms with Crippen LogP contribution in [0.25, 0.3) is 0 Å². The SMILES string of the molecule is CC(=NNC(=O)c1cc2c(s1)CCCC2)c1ccc(S(=O)(=O)N2CCCC2)cc1. The number of benzene rings is 1. The molecule has 0 spiro atoms. The van der Waals surface area contributed by atoms with Gasteiger partial charge in [0.2, 0.25) is 10.0 Å². The molecule has 1 aromatic heterocycles. The molecule has 6 nitrogen and oxygen atoms in total. The Morgan fingerprint density at radius 1 is 1.07 bits per heavy atom. The first kappa shape index (κ1) is 20.3. The molecule has 0 saturated carbocycles. The van der Waals surface area contributed by atoms with Gasteiger partial charge in [-0.2, -0.15) is 9.41 Å². The lowest BCUT2D eigenvalue weighted by molar-refractivity contribution is 0.0959. The van der Waals surface area contributed by atoms with E-state index < -0.39 is 10.0 Å². The van der Waals surface area contributed by atoms with Crippen molar-refractivity contribution in [3.8, 4) is 0 Å². The van der Waals surface area contributed by atoms with Gasteiger partial charge in [-0.15, -0.1) is 11.3 Å². The summed E-state index contributed by atoms with van der Waals surface area (Å²) in [6, 6.07) is 8.67. The Labute approximate surface area is 175 Å². The lowest BCUT2D eigenvalue weighted by Gasteiger charge is -2.15. The number of nitrogens with zero attached hydrogens (tertiary/aromatic N) is 2. The zero-order valence-corrected chi connectivity index (χ0v) is 18.1. The van der Waals surface area contributed by atoms with Crippen molar-refractivity contribution in [1.29, 1.82) is 0 Å². The fraction of sp³-hybridized carbons (Fsp3) is 0.429. The number of carbonyl (C=O) groups excluding carboxylic acids is 1. The monoisotopic (exact) mass is 431 g/mol. The maximum Gasteiger partial charge on any atom is 0.281 e. The lowest BCUT2D eigenvalue weighted by Crippen LogP contribution is -2.27. The van der Waals surface area contributed by atoms with Gasteiger partial charge in [0.25, 0.3) is 5.91 Å². The van der Waals surface area contributed by atoms with E-state index in [2.05, 4.69) is 10.5 Å². The van der Waals surface area contributed by atoms with Crippen LogP contribution >= 0.6 is 11.3 Å². The van der Waals surface area contributed by atoms with E-state index in [1.165, 1.54) is 27.6 Å². The molecule has 0 radical (unpaired) electrons. The first-order valence-electron chi connectivity index (χ1n) is 10.0. The number of rotatable bonds is 5. The third kappa shape index (κ3) is 4.29. The van der Waals surface area contributed by atoms with Crippen LogP contribution in [0, 0.1) is 0 Å². The maximum absolute atomic E-state index is 12.6. The molecule has 1 N–H and O–H groups in total. The molecule has 1 fully saturated rings. The number of hydrazone groups is 1. The summed E-state index contributed by atoms with van der Waals surface area (Å²) in [6.07, 6.45) is 6.31. The summed E-state index contributed by atoms with van der Waals surface area (Å²) >= 11 is 1.55. The number of aryl methyl sites for hydroxylation is 2. The zero-order chi connectivity index (χ0) is 20.4. The summed E-state index contributed by atoms with van der Waals surface area (Å²) in [7, 11) is -3.42. The average molecular weight is 432 g/mol. The minimum Gasteiger partial charge on any atom is -0.266 e. The molecular weight excluding hydrogens is 406 g/mol. The number of fused-ring (bicyclic) bond motifs is 1. The zero-order valence-electron chi connectivity index (χ0n) is 16.5. The Kier molecular flexibility index (Phi) is 5.85. The van der Waals surface area contributed by atoms with Crippen LogP contribution < -0.4 is 5.43 Å². The number of carbonyl (C=O) groups is 1. The van der Waals surface area contributed by atoms with Gasteiger partial charge in [-0.3, -0.25) is 4.79 Å². The van der Waals surface area contributed by atoms with Crippen molar-refractivity contribution in [1.82, 2.24) is 9.73 Å². The molecule has 29 heavy (non-hydrogen) atoms. The van der Waals surface area contributed by atoms with Gasteiger partial charge in [0.1, 0.15) is 0 Å². The standard InChI is InChI=1S/C21H25N3O3S2/c1-15(22-23-21(25)20-14-17-6-2-3-7-19(17)28-20)16-8-10-18(11-9-16)29(26,27)24-12-4-5-13-24/h8-11,14H,2-7,12-13H2,1H3,(H,23,25). The summed E-state index contributed by atoms with van der Waals surface area (Å²) in [4.78, 5) is 14.7. The van der Waals surface area contributed by atoms with Crippen LogP contribution in [0.3, 0.4) is 0 Å². The highest BCUT2D eigenvalue weighted by Gasteiger charge is 2.27. The number of nitrogens with one attached hydrogen (secondary N) is 1. The van der Waals surface area contributed by atoms with E-state index in [-0.39, 0.29) is 5.91 Å². The van der Waals surface area contributed by atoms with Crippen molar-refractivity contribution in [3.63, 3.8) is 0 Å². The molecular formula is C21H25N3O3S2. The topological polar surface area (TPSA) is 78.8 Å². The van der Waals surface area contributed by atoms with Crippen LogP contribution in [0.2, 0.25) is 0 Å². The van der Waals surface area contributed by atoms with E-state index in [1.54, 1.807) is 42.5 Å². The van der Waals surface area contributed by atoms with Crippen molar-refractivity contribution >= 4 is 33.0 Å².